The highest BCUT2D eigenvalue weighted by Crippen LogP contribution is 2.30. The molecule has 1 aromatic carbocycles. The Kier molecular flexibility index (Phi) is 6.87. The average molecular weight is 422 g/mol. The summed E-state index contributed by atoms with van der Waals surface area (Å²) in [6, 6.07) is 9.98. The van der Waals surface area contributed by atoms with Crippen LogP contribution in [-0.2, 0) is 11.2 Å². The lowest BCUT2D eigenvalue weighted by Crippen LogP contribution is -2.39. The molecule has 0 N–H and O–H groups in total. The molecule has 0 fully saturated rings. The standard InChI is InChI=1S/C20H24ClN3OS2/c1-4-23(5-2)10-11-24(19(25)13-15-7-9-18(21)26-15)20-22-16-8-6-14(3)12-17(16)27-20/h6-9,12H,4-5,10-11,13H2,1-3H3. The molecule has 144 valence electrons. The van der Waals surface area contributed by atoms with Crippen LogP contribution in [0.2, 0.25) is 4.34 Å². The van der Waals surface area contributed by atoms with Gasteiger partial charge in [-0.05, 0) is 49.8 Å². The summed E-state index contributed by atoms with van der Waals surface area (Å²) >= 11 is 9.07. The van der Waals surface area contributed by atoms with Gasteiger partial charge in [-0.15, -0.1) is 11.3 Å². The third-order valence-electron chi connectivity index (χ3n) is 4.55. The van der Waals surface area contributed by atoms with E-state index in [1.807, 2.05) is 23.1 Å². The van der Waals surface area contributed by atoms with E-state index < -0.39 is 0 Å². The minimum Gasteiger partial charge on any atom is -0.302 e. The molecule has 1 amide bonds. The highest BCUT2D eigenvalue weighted by molar-refractivity contribution is 7.22. The molecule has 0 bridgehead atoms. The minimum absolute atomic E-state index is 0.0662. The number of thiazole rings is 1. The fourth-order valence-electron chi connectivity index (χ4n) is 2.93. The van der Waals surface area contributed by atoms with Crippen molar-refractivity contribution in [3.63, 3.8) is 0 Å². The third kappa shape index (κ3) is 5.08. The normalized spacial score (nSPS) is 11.4. The van der Waals surface area contributed by atoms with Crippen molar-refractivity contribution in [2.24, 2.45) is 0 Å². The SMILES string of the molecule is CCN(CC)CCN(C(=O)Cc1ccc(Cl)s1)c1nc2ccc(C)cc2s1. The number of halogens is 1. The molecule has 0 aliphatic heterocycles. The molecule has 0 radical (unpaired) electrons. The number of rotatable bonds is 8. The van der Waals surface area contributed by atoms with Crippen LogP contribution in [-0.4, -0.2) is 42.0 Å². The Hall–Kier alpha value is -1.47. The predicted molar refractivity (Wildman–Crippen MR) is 118 cm³/mol. The fraction of sp³-hybridized carbons (Fsp3) is 0.400. The van der Waals surface area contributed by atoms with Gasteiger partial charge in [-0.1, -0.05) is 42.9 Å². The van der Waals surface area contributed by atoms with Gasteiger partial charge < -0.3 is 4.90 Å². The van der Waals surface area contributed by atoms with E-state index in [1.54, 1.807) is 11.3 Å². The maximum absolute atomic E-state index is 13.1. The number of amides is 1. The van der Waals surface area contributed by atoms with Gasteiger partial charge in [0.1, 0.15) is 0 Å². The number of hydrogen-bond donors (Lipinski definition) is 0. The average Bonchev–Trinajstić information content (AvgIpc) is 3.24. The quantitative estimate of drug-likeness (QED) is 0.499. The van der Waals surface area contributed by atoms with E-state index in [1.165, 1.54) is 16.9 Å². The van der Waals surface area contributed by atoms with Gasteiger partial charge in [-0.25, -0.2) is 4.98 Å². The Morgan fingerprint density at radius 1 is 1.11 bits per heavy atom. The van der Waals surface area contributed by atoms with Gasteiger partial charge in [0.05, 0.1) is 21.0 Å². The van der Waals surface area contributed by atoms with Gasteiger partial charge in [0.2, 0.25) is 5.91 Å². The van der Waals surface area contributed by atoms with Gasteiger partial charge in [0.15, 0.2) is 5.13 Å². The number of thiophene rings is 1. The van der Waals surface area contributed by atoms with E-state index in [4.69, 9.17) is 16.6 Å². The zero-order chi connectivity index (χ0) is 19.4. The first-order valence-corrected chi connectivity index (χ1v) is 11.1. The molecule has 3 aromatic rings. The van der Waals surface area contributed by atoms with Gasteiger partial charge in [-0.2, -0.15) is 0 Å². The summed E-state index contributed by atoms with van der Waals surface area (Å²) in [5.41, 5.74) is 2.15. The van der Waals surface area contributed by atoms with Crippen LogP contribution in [0, 0.1) is 6.92 Å². The highest BCUT2D eigenvalue weighted by Gasteiger charge is 2.21. The predicted octanol–water partition coefficient (Wildman–Crippen LogP) is 5.24. The minimum atomic E-state index is 0.0662. The lowest BCUT2D eigenvalue weighted by molar-refractivity contribution is -0.118. The lowest BCUT2D eigenvalue weighted by atomic mass is 10.2. The second-order valence-electron chi connectivity index (χ2n) is 6.42. The summed E-state index contributed by atoms with van der Waals surface area (Å²) in [6.07, 6.45) is 0.352. The Morgan fingerprint density at radius 2 is 1.89 bits per heavy atom. The number of aryl methyl sites for hydroxylation is 1. The molecule has 7 heteroatoms. The van der Waals surface area contributed by atoms with Crippen LogP contribution in [0.4, 0.5) is 5.13 Å². The first kappa shape index (κ1) is 20.3. The highest BCUT2D eigenvalue weighted by atomic mass is 35.5. The number of carbonyl (C=O) groups excluding carboxylic acids is 1. The number of hydrogen-bond acceptors (Lipinski definition) is 5. The molecule has 0 atom stereocenters. The van der Waals surface area contributed by atoms with E-state index in [9.17, 15) is 4.79 Å². The number of benzene rings is 1. The third-order valence-corrected chi connectivity index (χ3v) is 6.83. The van der Waals surface area contributed by atoms with E-state index in [-0.39, 0.29) is 5.91 Å². The summed E-state index contributed by atoms with van der Waals surface area (Å²) in [5.74, 6) is 0.0662. The van der Waals surface area contributed by atoms with Crippen molar-refractivity contribution in [1.29, 1.82) is 0 Å². The van der Waals surface area contributed by atoms with Gasteiger partial charge >= 0.3 is 0 Å². The molecule has 2 aromatic heterocycles. The number of likely N-dealkylation sites (N-methyl/N-ethyl adjacent to an activating group) is 1. The van der Waals surface area contributed by atoms with Crippen molar-refractivity contribution >= 4 is 55.5 Å². The molecule has 4 nitrogen and oxygen atoms in total. The first-order valence-electron chi connectivity index (χ1n) is 9.14. The molecule has 0 saturated heterocycles. The van der Waals surface area contributed by atoms with Crippen LogP contribution in [0.1, 0.15) is 24.3 Å². The largest absolute Gasteiger partial charge is 0.302 e. The van der Waals surface area contributed by atoms with Gasteiger partial charge in [-0.3, -0.25) is 9.69 Å². The maximum Gasteiger partial charge on any atom is 0.234 e. The molecule has 0 spiro atoms. The molecule has 27 heavy (non-hydrogen) atoms. The molecule has 0 unspecified atom stereocenters. The zero-order valence-corrected chi connectivity index (χ0v) is 18.3. The number of nitrogens with zero attached hydrogens (tertiary/aromatic N) is 3. The van der Waals surface area contributed by atoms with Crippen LogP contribution in [0.25, 0.3) is 10.2 Å². The number of aromatic nitrogens is 1. The summed E-state index contributed by atoms with van der Waals surface area (Å²) in [5, 5.41) is 0.774. The molecule has 2 heterocycles. The molecule has 0 aliphatic carbocycles. The van der Waals surface area contributed by atoms with E-state index in [2.05, 4.69) is 37.8 Å². The summed E-state index contributed by atoms with van der Waals surface area (Å²) in [7, 11) is 0. The Labute approximate surface area is 173 Å². The summed E-state index contributed by atoms with van der Waals surface area (Å²) in [6.45, 7) is 9.77. The molecule has 0 saturated carbocycles. The summed E-state index contributed by atoms with van der Waals surface area (Å²) < 4.78 is 1.83. The van der Waals surface area contributed by atoms with Crippen LogP contribution in [0.5, 0.6) is 0 Å². The van der Waals surface area contributed by atoms with Crippen LogP contribution >= 0.6 is 34.3 Å². The van der Waals surface area contributed by atoms with Crippen molar-refractivity contribution in [2.75, 3.05) is 31.1 Å². The topological polar surface area (TPSA) is 36.4 Å². The number of fused-ring (bicyclic) bond motifs is 1. The van der Waals surface area contributed by atoms with E-state index >= 15 is 0 Å². The van der Waals surface area contributed by atoms with Crippen LogP contribution in [0.3, 0.4) is 0 Å². The van der Waals surface area contributed by atoms with Crippen molar-refractivity contribution in [3.05, 3.63) is 45.1 Å². The smallest absolute Gasteiger partial charge is 0.234 e. The Morgan fingerprint density at radius 3 is 2.56 bits per heavy atom. The van der Waals surface area contributed by atoms with Crippen molar-refractivity contribution in [2.45, 2.75) is 27.2 Å². The van der Waals surface area contributed by atoms with Crippen molar-refractivity contribution in [3.8, 4) is 0 Å². The molecule has 0 aliphatic rings. The maximum atomic E-state index is 13.1. The zero-order valence-electron chi connectivity index (χ0n) is 15.9. The Bertz CT molecular complexity index is 917. The monoisotopic (exact) mass is 421 g/mol. The van der Waals surface area contributed by atoms with Crippen LogP contribution in [0.15, 0.2) is 30.3 Å². The number of anilines is 1. The summed E-state index contributed by atoms with van der Waals surface area (Å²) in [4.78, 5) is 23.0. The second-order valence-corrected chi connectivity index (χ2v) is 9.23. The van der Waals surface area contributed by atoms with Gasteiger partial charge in [0.25, 0.3) is 0 Å². The van der Waals surface area contributed by atoms with Crippen LogP contribution < -0.4 is 4.90 Å². The van der Waals surface area contributed by atoms with Crippen molar-refractivity contribution in [1.82, 2.24) is 9.88 Å². The van der Waals surface area contributed by atoms with Gasteiger partial charge in [0, 0.05) is 18.0 Å². The molecule has 3 rings (SSSR count). The van der Waals surface area contributed by atoms with Crippen molar-refractivity contribution < 1.29 is 4.79 Å². The van der Waals surface area contributed by atoms with E-state index in [0.29, 0.717) is 17.3 Å². The number of carbonyl (C=O) groups is 1. The van der Waals surface area contributed by atoms with E-state index in [0.717, 1.165) is 39.9 Å². The molecular weight excluding hydrogens is 398 g/mol. The Balaban J connectivity index is 1.86. The second kappa shape index (κ2) is 9.15. The fourth-order valence-corrected chi connectivity index (χ4v) is 5.12. The molecular formula is C20H24ClN3OS2. The lowest BCUT2D eigenvalue weighted by Gasteiger charge is -2.24. The first-order chi connectivity index (χ1) is 13.0.